The fourth-order valence-electron chi connectivity index (χ4n) is 3.54. The summed E-state index contributed by atoms with van der Waals surface area (Å²) in [7, 11) is 0. The van der Waals surface area contributed by atoms with Crippen molar-refractivity contribution in [1.29, 1.82) is 0 Å². The van der Waals surface area contributed by atoms with Crippen LogP contribution in [-0.2, 0) is 4.79 Å². The number of carboxylic acids is 1. The molecule has 2 aliphatic rings. The molecule has 7 nitrogen and oxygen atoms in total. The van der Waals surface area contributed by atoms with Gasteiger partial charge in [0.2, 0.25) is 0 Å². The fraction of sp³-hybridized carbons (Fsp3) is 0.846. The predicted molar refractivity (Wildman–Crippen MR) is 70.1 cm³/mol. The summed E-state index contributed by atoms with van der Waals surface area (Å²) in [5, 5.41) is 27.4. The molecule has 7 heteroatoms. The van der Waals surface area contributed by atoms with E-state index in [9.17, 15) is 14.7 Å². The van der Waals surface area contributed by atoms with Gasteiger partial charge in [-0.25, -0.2) is 9.59 Å². The maximum atomic E-state index is 12.4. The molecule has 1 aliphatic carbocycles. The van der Waals surface area contributed by atoms with Gasteiger partial charge in [-0.3, -0.25) is 0 Å². The molecule has 2 amide bonds. The van der Waals surface area contributed by atoms with E-state index in [-0.39, 0.29) is 38.1 Å². The molecule has 0 spiro atoms. The van der Waals surface area contributed by atoms with Crippen molar-refractivity contribution in [2.24, 2.45) is 11.8 Å². The lowest BCUT2D eigenvalue weighted by Gasteiger charge is -2.30. The number of hydrogen-bond donors (Lipinski definition) is 3. The lowest BCUT2D eigenvalue weighted by molar-refractivity contribution is -0.142. The number of aliphatic carboxylic acids is 1. The second-order valence-corrected chi connectivity index (χ2v) is 5.51. The molecule has 0 aromatic heterocycles. The van der Waals surface area contributed by atoms with Crippen molar-refractivity contribution >= 4 is 12.0 Å². The van der Waals surface area contributed by atoms with Gasteiger partial charge in [0.05, 0.1) is 13.2 Å². The molecule has 0 bridgehead atoms. The van der Waals surface area contributed by atoms with E-state index >= 15 is 0 Å². The van der Waals surface area contributed by atoms with Crippen LogP contribution in [0.15, 0.2) is 0 Å². The minimum Gasteiger partial charge on any atom is -0.480 e. The van der Waals surface area contributed by atoms with Crippen LogP contribution in [0.2, 0.25) is 0 Å². The van der Waals surface area contributed by atoms with Gasteiger partial charge < -0.3 is 25.1 Å². The highest BCUT2D eigenvalue weighted by Gasteiger charge is 2.50. The van der Waals surface area contributed by atoms with Crippen LogP contribution in [-0.4, -0.2) is 76.0 Å². The van der Waals surface area contributed by atoms with Gasteiger partial charge in [0.15, 0.2) is 0 Å². The molecule has 3 N–H and O–H groups in total. The van der Waals surface area contributed by atoms with Gasteiger partial charge in [-0.1, -0.05) is 6.42 Å². The third-order valence-electron chi connectivity index (χ3n) is 4.40. The molecule has 20 heavy (non-hydrogen) atoms. The van der Waals surface area contributed by atoms with E-state index in [1.807, 2.05) is 0 Å². The molecule has 1 saturated heterocycles. The van der Waals surface area contributed by atoms with E-state index in [4.69, 9.17) is 10.2 Å². The Labute approximate surface area is 117 Å². The van der Waals surface area contributed by atoms with Gasteiger partial charge in [0.25, 0.3) is 0 Å². The third-order valence-corrected chi connectivity index (χ3v) is 4.40. The van der Waals surface area contributed by atoms with Gasteiger partial charge in [0, 0.05) is 19.6 Å². The van der Waals surface area contributed by atoms with Crippen LogP contribution in [0.25, 0.3) is 0 Å². The zero-order valence-electron chi connectivity index (χ0n) is 11.4. The topological polar surface area (TPSA) is 101 Å². The summed E-state index contributed by atoms with van der Waals surface area (Å²) in [6, 6.07) is -1.16. The largest absolute Gasteiger partial charge is 0.480 e. The molecule has 1 aliphatic heterocycles. The number of nitrogens with zero attached hydrogens (tertiary/aromatic N) is 2. The Bertz CT molecular complexity index is 370. The first-order valence-corrected chi connectivity index (χ1v) is 7.10. The average Bonchev–Trinajstić information content (AvgIpc) is 2.96. The van der Waals surface area contributed by atoms with Gasteiger partial charge in [0.1, 0.15) is 6.04 Å². The van der Waals surface area contributed by atoms with Crippen molar-refractivity contribution in [2.45, 2.75) is 25.3 Å². The number of carboxylic acid groups (broad SMARTS) is 1. The number of carbonyl (C=O) groups excluding carboxylic acids is 1. The Balaban J connectivity index is 2.13. The molecule has 3 atom stereocenters. The highest BCUT2D eigenvalue weighted by atomic mass is 16.4. The second kappa shape index (κ2) is 6.41. The SMILES string of the molecule is O=C(O)C1C2CCCC2CN1C(=O)N(CCO)CCO. The zero-order valence-corrected chi connectivity index (χ0v) is 11.4. The van der Waals surface area contributed by atoms with Gasteiger partial charge in [-0.05, 0) is 24.7 Å². The van der Waals surface area contributed by atoms with E-state index in [0.29, 0.717) is 6.54 Å². The maximum Gasteiger partial charge on any atom is 0.326 e. The summed E-state index contributed by atoms with van der Waals surface area (Å²) in [4.78, 5) is 26.6. The summed E-state index contributed by atoms with van der Waals surface area (Å²) in [5.74, 6) is -0.646. The number of rotatable bonds is 5. The lowest BCUT2D eigenvalue weighted by Crippen LogP contribution is -2.51. The zero-order chi connectivity index (χ0) is 14.7. The Kier molecular flexibility index (Phi) is 4.82. The molecule has 0 aromatic carbocycles. The number of fused-ring (bicyclic) bond motifs is 1. The van der Waals surface area contributed by atoms with Crippen LogP contribution in [0.4, 0.5) is 4.79 Å². The van der Waals surface area contributed by atoms with Crippen molar-refractivity contribution in [3.05, 3.63) is 0 Å². The summed E-state index contributed by atoms with van der Waals surface area (Å²) in [6.45, 7) is 0.275. The Morgan fingerprint density at radius 1 is 1.15 bits per heavy atom. The van der Waals surface area contributed by atoms with Crippen LogP contribution in [0.5, 0.6) is 0 Å². The number of urea groups is 1. The number of likely N-dealkylation sites (tertiary alicyclic amines) is 1. The first-order valence-electron chi connectivity index (χ1n) is 7.10. The number of aliphatic hydroxyl groups is 2. The van der Waals surface area contributed by atoms with Crippen molar-refractivity contribution in [2.75, 3.05) is 32.8 Å². The third kappa shape index (κ3) is 2.73. The molecule has 1 saturated carbocycles. The average molecular weight is 286 g/mol. The van der Waals surface area contributed by atoms with Crippen LogP contribution in [0.1, 0.15) is 19.3 Å². The minimum absolute atomic E-state index is 0.0431. The van der Waals surface area contributed by atoms with Crippen molar-refractivity contribution in [1.82, 2.24) is 9.80 Å². The van der Waals surface area contributed by atoms with E-state index in [1.165, 1.54) is 9.80 Å². The number of amides is 2. The van der Waals surface area contributed by atoms with Crippen LogP contribution in [0.3, 0.4) is 0 Å². The smallest absolute Gasteiger partial charge is 0.326 e. The Morgan fingerprint density at radius 2 is 1.80 bits per heavy atom. The molecule has 0 aromatic rings. The summed E-state index contributed by atoms with van der Waals surface area (Å²) in [6.07, 6.45) is 2.85. The highest BCUT2D eigenvalue weighted by molar-refractivity contribution is 5.84. The van der Waals surface area contributed by atoms with Gasteiger partial charge in [-0.2, -0.15) is 0 Å². The molecule has 2 fully saturated rings. The van der Waals surface area contributed by atoms with Crippen LogP contribution < -0.4 is 0 Å². The van der Waals surface area contributed by atoms with Crippen molar-refractivity contribution in [3.63, 3.8) is 0 Å². The van der Waals surface area contributed by atoms with Crippen LogP contribution in [0, 0.1) is 11.8 Å². The maximum absolute atomic E-state index is 12.4. The number of hydrogen-bond acceptors (Lipinski definition) is 4. The second-order valence-electron chi connectivity index (χ2n) is 5.51. The van der Waals surface area contributed by atoms with Gasteiger partial charge in [-0.15, -0.1) is 0 Å². The molecule has 0 radical (unpaired) electrons. The molecular formula is C13H22N2O5. The minimum atomic E-state index is -0.958. The summed E-state index contributed by atoms with van der Waals surface area (Å²) >= 11 is 0. The van der Waals surface area contributed by atoms with Gasteiger partial charge >= 0.3 is 12.0 Å². The molecule has 1 heterocycles. The Hall–Kier alpha value is -1.34. The molecular weight excluding hydrogens is 264 g/mol. The number of carbonyl (C=O) groups is 2. The normalized spacial score (nSPS) is 28.5. The first-order chi connectivity index (χ1) is 9.60. The Morgan fingerprint density at radius 3 is 2.35 bits per heavy atom. The first kappa shape index (κ1) is 15.1. The van der Waals surface area contributed by atoms with Crippen molar-refractivity contribution < 1.29 is 24.9 Å². The quantitative estimate of drug-likeness (QED) is 0.637. The summed E-state index contributed by atoms with van der Waals surface area (Å²) in [5.41, 5.74) is 0. The van der Waals surface area contributed by atoms with E-state index < -0.39 is 18.0 Å². The standard InChI is InChI=1S/C13H22N2O5/c16-6-4-14(5-7-17)13(20)15-8-9-2-1-3-10(9)11(15)12(18)19/h9-11,16-17H,1-8H2,(H,18,19). The summed E-state index contributed by atoms with van der Waals surface area (Å²) < 4.78 is 0. The molecule has 114 valence electrons. The number of aliphatic hydroxyl groups excluding tert-OH is 2. The van der Waals surface area contributed by atoms with E-state index in [1.54, 1.807) is 0 Å². The highest BCUT2D eigenvalue weighted by Crippen LogP contribution is 2.42. The molecule has 2 rings (SSSR count). The van der Waals surface area contributed by atoms with E-state index in [2.05, 4.69) is 0 Å². The van der Waals surface area contributed by atoms with Crippen molar-refractivity contribution in [3.8, 4) is 0 Å². The predicted octanol–water partition coefficient (Wildman–Crippen LogP) is -0.422. The fourth-order valence-corrected chi connectivity index (χ4v) is 3.54. The lowest BCUT2D eigenvalue weighted by atomic mass is 9.94. The monoisotopic (exact) mass is 286 g/mol. The van der Waals surface area contributed by atoms with Crippen LogP contribution >= 0.6 is 0 Å². The molecule has 3 unspecified atom stereocenters. The van der Waals surface area contributed by atoms with E-state index in [0.717, 1.165) is 19.3 Å².